The molecule has 0 fully saturated rings. The van der Waals surface area contributed by atoms with E-state index in [1.807, 2.05) is 71.0 Å². The van der Waals surface area contributed by atoms with E-state index in [1.165, 1.54) is 0 Å². The first-order valence-corrected chi connectivity index (χ1v) is 12.7. The van der Waals surface area contributed by atoms with Crippen LogP contribution >= 0.6 is 0 Å². The maximum atomic E-state index is 13.3. The highest BCUT2D eigenvalue weighted by atomic mass is 16.2. The Labute approximate surface area is 222 Å². The molecule has 0 aliphatic heterocycles. The molecule has 0 unspecified atom stereocenters. The average Bonchev–Trinajstić information content (AvgIpc) is 2.89. The molecule has 0 bridgehead atoms. The first-order chi connectivity index (χ1) is 18.2. The Balaban J connectivity index is 1.65. The molecule has 2 N–H and O–H groups in total. The third-order valence-electron chi connectivity index (χ3n) is 6.44. The van der Waals surface area contributed by atoms with Crippen LogP contribution in [0.15, 0.2) is 66.7 Å². The Bertz CT molecular complexity index is 1500. The summed E-state index contributed by atoms with van der Waals surface area (Å²) in [6.45, 7) is 10.1. The summed E-state index contributed by atoms with van der Waals surface area (Å²) in [5, 5.41) is 5.72. The van der Waals surface area contributed by atoms with Crippen LogP contribution in [0.2, 0.25) is 0 Å². The number of fused-ring (bicyclic) bond motifs is 1. The van der Waals surface area contributed by atoms with E-state index < -0.39 is 17.6 Å². The van der Waals surface area contributed by atoms with Crippen LogP contribution in [0.5, 0.6) is 0 Å². The van der Waals surface area contributed by atoms with Gasteiger partial charge in [0.05, 0.1) is 23.1 Å². The van der Waals surface area contributed by atoms with Gasteiger partial charge in [-0.3, -0.25) is 14.4 Å². The number of Topliss-reactive ketones (excluding diaryl/α,β-unsaturated/α-hetero) is 1. The summed E-state index contributed by atoms with van der Waals surface area (Å²) in [5.41, 5.74) is 5.33. The number of nitrogens with zero attached hydrogens (tertiary/aromatic N) is 2. The van der Waals surface area contributed by atoms with Gasteiger partial charge in [0.25, 0.3) is 11.8 Å². The number of benzene rings is 3. The first-order valence-electron chi connectivity index (χ1n) is 12.7. The minimum absolute atomic E-state index is 0.0125. The fourth-order valence-corrected chi connectivity index (χ4v) is 4.35. The second-order valence-electron chi connectivity index (χ2n) is 9.95. The van der Waals surface area contributed by atoms with Gasteiger partial charge in [0.1, 0.15) is 0 Å². The number of hydrogen-bond acceptors (Lipinski definition) is 5. The van der Waals surface area contributed by atoms with Crippen LogP contribution in [0.25, 0.3) is 11.0 Å². The van der Waals surface area contributed by atoms with Crippen molar-refractivity contribution in [3.8, 4) is 0 Å². The number of aryl methyl sites for hydroxylation is 1. The summed E-state index contributed by atoms with van der Waals surface area (Å²) in [5.74, 6) is -1.63. The van der Waals surface area contributed by atoms with Crippen molar-refractivity contribution >= 4 is 40.0 Å². The molecule has 0 atom stereocenters. The number of anilines is 2. The molecular weight excluding hydrogens is 476 g/mol. The molecule has 38 heavy (non-hydrogen) atoms. The zero-order chi connectivity index (χ0) is 27.4. The van der Waals surface area contributed by atoms with E-state index in [0.29, 0.717) is 22.4 Å². The lowest BCUT2D eigenvalue weighted by atomic mass is 9.92. The number of carbonyl (C=O) groups is 3. The van der Waals surface area contributed by atoms with Crippen molar-refractivity contribution in [3.63, 3.8) is 0 Å². The van der Waals surface area contributed by atoms with E-state index in [-0.39, 0.29) is 29.6 Å². The van der Waals surface area contributed by atoms with Crippen LogP contribution in [0.3, 0.4) is 0 Å². The lowest BCUT2D eigenvalue weighted by Gasteiger charge is -2.20. The summed E-state index contributed by atoms with van der Waals surface area (Å²) < 4.78 is 0. The lowest BCUT2D eigenvalue weighted by Crippen LogP contribution is -2.28. The molecule has 7 heteroatoms. The molecule has 1 heterocycles. The van der Waals surface area contributed by atoms with E-state index >= 15 is 0 Å². The fraction of sp³-hybridized carbons (Fsp3) is 0.258. The molecule has 0 aliphatic rings. The van der Waals surface area contributed by atoms with Gasteiger partial charge < -0.3 is 10.6 Å². The number of nitrogens with one attached hydrogen (secondary N) is 2. The van der Waals surface area contributed by atoms with Gasteiger partial charge in [0, 0.05) is 11.4 Å². The third-order valence-corrected chi connectivity index (χ3v) is 6.44. The molecule has 3 aromatic carbocycles. The van der Waals surface area contributed by atoms with Gasteiger partial charge >= 0.3 is 0 Å². The van der Waals surface area contributed by atoms with E-state index in [4.69, 9.17) is 0 Å². The van der Waals surface area contributed by atoms with Crippen molar-refractivity contribution in [1.29, 1.82) is 0 Å². The molecule has 7 nitrogen and oxygen atoms in total. The van der Waals surface area contributed by atoms with Crippen LogP contribution < -0.4 is 10.6 Å². The Kier molecular flexibility index (Phi) is 7.96. The molecule has 0 radical (unpaired) electrons. The highest BCUT2D eigenvalue weighted by Gasteiger charge is 2.24. The normalized spacial score (nSPS) is 11.1. The molecular formula is C31H32N4O3. The molecule has 0 saturated heterocycles. The van der Waals surface area contributed by atoms with Gasteiger partial charge in [-0.15, -0.1) is 0 Å². The maximum absolute atomic E-state index is 13.3. The predicted molar refractivity (Wildman–Crippen MR) is 151 cm³/mol. The Hall–Kier alpha value is -4.39. The number of para-hydroxylation sites is 4. The summed E-state index contributed by atoms with van der Waals surface area (Å²) >= 11 is 0. The molecule has 1 aromatic heterocycles. The highest BCUT2D eigenvalue weighted by molar-refractivity contribution is 6.41. The minimum atomic E-state index is -0.750. The summed E-state index contributed by atoms with van der Waals surface area (Å²) in [7, 11) is 0. The molecule has 4 aromatic rings. The monoisotopic (exact) mass is 508 g/mol. The van der Waals surface area contributed by atoms with Crippen LogP contribution in [0.1, 0.15) is 72.4 Å². The van der Waals surface area contributed by atoms with Crippen LogP contribution in [0, 0.1) is 6.92 Å². The van der Waals surface area contributed by atoms with Crippen molar-refractivity contribution in [3.05, 3.63) is 94.8 Å². The topological polar surface area (TPSA) is 101 Å². The van der Waals surface area contributed by atoms with E-state index in [9.17, 15) is 14.4 Å². The SMILES string of the molecule is Cc1ccccc1NC(=O)c1nc2ccccc2nc1CC(=O)C(=O)Nc1c(C(C)C)cccc1C(C)C. The van der Waals surface area contributed by atoms with Gasteiger partial charge in [-0.05, 0) is 53.6 Å². The molecule has 2 amide bonds. The third kappa shape index (κ3) is 5.78. The van der Waals surface area contributed by atoms with E-state index in [2.05, 4.69) is 20.6 Å². The molecule has 0 spiro atoms. The van der Waals surface area contributed by atoms with Crippen molar-refractivity contribution in [2.24, 2.45) is 0 Å². The Morgan fingerprint density at radius 2 is 1.32 bits per heavy atom. The second kappa shape index (κ2) is 11.3. The molecule has 0 saturated carbocycles. The van der Waals surface area contributed by atoms with Gasteiger partial charge in [-0.2, -0.15) is 0 Å². The summed E-state index contributed by atoms with van der Waals surface area (Å²) in [6.07, 6.45) is -0.360. The highest BCUT2D eigenvalue weighted by Crippen LogP contribution is 2.32. The van der Waals surface area contributed by atoms with Crippen molar-refractivity contribution in [2.75, 3.05) is 10.6 Å². The van der Waals surface area contributed by atoms with Crippen molar-refractivity contribution < 1.29 is 14.4 Å². The van der Waals surface area contributed by atoms with Gasteiger partial charge in [0.15, 0.2) is 5.69 Å². The second-order valence-corrected chi connectivity index (χ2v) is 9.95. The van der Waals surface area contributed by atoms with Crippen LogP contribution in [-0.2, 0) is 16.0 Å². The standard InChI is InChI=1S/C31H32N4O3/c1-18(2)21-12-10-13-22(19(3)4)28(21)35-30(37)27(36)17-26-29(33-25-16-9-8-15-24(25)32-26)31(38)34-23-14-7-6-11-20(23)5/h6-16,18-19H,17H2,1-5H3,(H,34,38)(H,35,37). The maximum Gasteiger partial charge on any atom is 0.292 e. The van der Waals surface area contributed by atoms with Gasteiger partial charge in [-0.25, -0.2) is 9.97 Å². The smallest absolute Gasteiger partial charge is 0.292 e. The van der Waals surface area contributed by atoms with Crippen molar-refractivity contribution in [1.82, 2.24) is 9.97 Å². The summed E-state index contributed by atoms with van der Waals surface area (Å²) in [4.78, 5) is 48.7. The minimum Gasteiger partial charge on any atom is -0.320 e. The zero-order valence-electron chi connectivity index (χ0n) is 22.3. The Morgan fingerprint density at radius 1 is 0.737 bits per heavy atom. The lowest BCUT2D eigenvalue weighted by molar-refractivity contribution is -0.134. The molecule has 0 aliphatic carbocycles. The molecule has 4 rings (SSSR count). The number of rotatable bonds is 8. The average molecular weight is 509 g/mol. The number of amides is 2. The number of carbonyl (C=O) groups excluding carboxylic acids is 3. The van der Waals surface area contributed by atoms with Crippen LogP contribution in [-0.4, -0.2) is 27.6 Å². The number of aromatic nitrogens is 2. The van der Waals surface area contributed by atoms with Gasteiger partial charge in [-0.1, -0.05) is 76.2 Å². The number of hydrogen-bond donors (Lipinski definition) is 2. The van der Waals surface area contributed by atoms with E-state index in [1.54, 1.807) is 30.3 Å². The van der Waals surface area contributed by atoms with E-state index in [0.717, 1.165) is 16.7 Å². The largest absolute Gasteiger partial charge is 0.320 e. The quantitative estimate of drug-likeness (QED) is 0.277. The Morgan fingerprint density at radius 3 is 1.92 bits per heavy atom. The summed E-state index contributed by atoms with van der Waals surface area (Å²) in [6, 6.07) is 20.4. The zero-order valence-corrected chi connectivity index (χ0v) is 22.3. The van der Waals surface area contributed by atoms with Gasteiger partial charge in [0.2, 0.25) is 5.78 Å². The van der Waals surface area contributed by atoms with Crippen molar-refractivity contribution in [2.45, 2.75) is 52.9 Å². The van der Waals surface area contributed by atoms with Crippen LogP contribution in [0.4, 0.5) is 11.4 Å². The molecule has 194 valence electrons. The predicted octanol–water partition coefficient (Wildman–Crippen LogP) is 6.19. The fourth-order valence-electron chi connectivity index (χ4n) is 4.35. The number of ketones is 1. The first kappa shape index (κ1) is 26.7.